The van der Waals surface area contributed by atoms with Gasteiger partial charge in [-0.2, -0.15) is 0 Å². The van der Waals surface area contributed by atoms with E-state index >= 15 is 0 Å². The predicted molar refractivity (Wildman–Crippen MR) is 56.5 cm³/mol. The molecule has 1 atom stereocenters. The molecule has 0 bridgehead atoms. The average Bonchev–Trinajstić information content (AvgIpc) is 2.08. The van der Waals surface area contributed by atoms with Gasteiger partial charge in [0, 0.05) is 11.0 Å². The van der Waals surface area contributed by atoms with Crippen LogP contribution in [0.5, 0.6) is 0 Å². The Morgan fingerprint density at radius 1 is 1.54 bits per heavy atom. The predicted octanol–water partition coefficient (Wildman–Crippen LogP) is 1.63. The minimum atomic E-state index is -1.80. The van der Waals surface area contributed by atoms with Crippen LogP contribution in [0, 0.1) is 0 Å². The third-order valence-corrected chi connectivity index (χ3v) is 2.93. The minimum absolute atomic E-state index is 0.144. The van der Waals surface area contributed by atoms with Gasteiger partial charge >= 0.3 is 0 Å². The molecule has 0 amide bonds. The van der Waals surface area contributed by atoms with Crippen molar-refractivity contribution in [3.8, 4) is 0 Å². The smallest absolute Gasteiger partial charge is 0.157 e. The Bertz CT molecular complexity index is 330. The van der Waals surface area contributed by atoms with Crippen LogP contribution >= 0.6 is 15.9 Å². The van der Waals surface area contributed by atoms with Crippen molar-refractivity contribution >= 4 is 27.0 Å². The highest BCUT2D eigenvalue weighted by molar-refractivity contribution is 9.10. The summed E-state index contributed by atoms with van der Waals surface area (Å²) in [6, 6.07) is 5.52. The van der Waals surface area contributed by atoms with Gasteiger partial charge in [-0.15, -0.1) is 0 Å². The van der Waals surface area contributed by atoms with Crippen LogP contribution in [0.2, 0.25) is 0 Å². The molecule has 0 aliphatic carbocycles. The summed E-state index contributed by atoms with van der Waals surface area (Å²) in [5, 5.41) is 0. The van der Waals surface area contributed by atoms with Crippen LogP contribution in [-0.2, 0) is 23.4 Å². The third-order valence-electron chi connectivity index (χ3n) is 1.63. The Morgan fingerprint density at radius 3 is 2.69 bits per heavy atom. The van der Waals surface area contributed by atoms with E-state index in [1.165, 1.54) is 0 Å². The topological polar surface area (TPSA) is 63.3 Å². The van der Waals surface area contributed by atoms with Crippen molar-refractivity contribution in [3.63, 3.8) is 0 Å². The summed E-state index contributed by atoms with van der Waals surface area (Å²) in [4.78, 5) is 0. The van der Waals surface area contributed by atoms with Crippen molar-refractivity contribution in [1.29, 1.82) is 0 Å². The zero-order valence-electron chi connectivity index (χ0n) is 6.87. The molecular weight excluding hydrogens is 254 g/mol. The first kappa shape index (κ1) is 10.8. The molecule has 0 saturated carbocycles. The summed E-state index contributed by atoms with van der Waals surface area (Å²) in [6.07, 6.45) is 0. The van der Waals surface area contributed by atoms with E-state index in [0.717, 1.165) is 15.6 Å². The first-order chi connectivity index (χ1) is 6.13. The molecule has 72 valence electrons. The normalized spacial score (nSPS) is 12.8. The van der Waals surface area contributed by atoms with E-state index in [1.54, 1.807) is 6.07 Å². The van der Waals surface area contributed by atoms with Gasteiger partial charge in [0.25, 0.3) is 0 Å². The fourth-order valence-electron chi connectivity index (χ4n) is 0.968. The molecule has 1 aromatic carbocycles. The van der Waals surface area contributed by atoms with Gasteiger partial charge in [-0.05, 0) is 17.2 Å². The van der Waals surface area contributed by atoms with E-state index in [9.17, 15) is 4.21 Å². The number of benzene rings is 1. The largest absolute Gasteiger partial charge is 0.326 e. The molecule has 1 unspecified atom stereocenters. The third kappa shape index (κ3) is 3.19. The van der Waals surface area contributed by atoms with Crippen LogP contribution in [0.3, 0.4) is 0 Å². The fraction of sp³-hybridized carbons (Fsp3) is 0.250. The Morgan fingerprint density at radius 2 is 2.23 bits per heavy atom. The second-order valence-corrected chi connectivity index (χ2v) is 4.38. The van der Waals surface area contributed by atoms with E-state index in [4.69, 9.17) is 10.3 Å². The molecule has 0 heterocycles. The van der Waals surface area contributed by atoms with E-state index in [0.29, 0.717) is 6.54 Å². The zero-order valence-corrected chi connectivity index (χ0v) is 9.27. The van der Waals surface area contributed by atoms with Gasteiger partial charge in [-0.25, -0.2) is 4.21 Å². The highest BCUT2D eigenvalue weighted by atomic mass is 79.9. The van der Waals surface area contributed by atoms with Crippen LogP contribution in [0.25, 0.3) is 0 Å². The lowest BCUT2D eigenvalue weighted by Crippen LogP contribution is -1.99. The van der Waals surface area contributed by atoms with E-state index < -0.39 is 11.1 Å². The Labute approximate surface area is 87.7 Å². The maximum atomic E-state index is 10.5. The Kier molecular flexibility index (Phi) is 4.05. The number of halogens is 1. The minimum Gasteiger partial charge on any atom is -0.326 e. The lowest BCUT2D eigenvalue weighted by molar-refractivity contribution is 0.563. The second kappa shape index (κ2) is 4.85. The second-order valence-electron chi connectivity index (χ2n) is 2.60. The summed E-state index contributed by atoms with van der Waals surface area (Å²) in [7, 11) is 0. The molecule has 0 saturated heterocycles. The lowest BCUT2D eigenvalue weighted by Gasteiger charge is -2.03. The number of nitrogens with two attached hydrogens (primary N) is 1. The molecule has 0 spiro atoms. The van der Waals surface area contributed by atoms with Gasteiger partial charge in [0.15, 0.2) is 11.1 Å². The van der Waals surface area contributed by atoms with Gasteiger partial charge in [0.2, 0.25) is 0 Å². The molecule has 1 aromatic rings. The zero-order chi connectivity index (χ0) is 9.84. The summed E-state index contributed by atoms with van der Waals surface area (Å²) >= 11 is 1.52. The fourth-order valence-corrected chi connectivity index (χ4v) is 2.24. The molecule has 0 radical (unpaired) electrons. The number of rotatable bonds is 3. The summed E-state index contributed by atoms with van der Waals surface area (Å²) in [5.41, 5.74) is 7.26. The Hall–Kier alpha value is -0.230. The van der Waals surface area contributed by atoms with Crippen LogP contribution in [0.15, 0.2) is 22.7 Å². The SMILES string of the molecule is NCc1ccc(CS(=O)O)c(Br)c1. The van der Waals surface area contributed by atoms with Gasteiger partial charge in [-0.1, -0.05) is 28.1 Å². The van der Waals surface area contributed by atoms with Crippen LogP contribution in [-0.4, -0.2) is 8.76 Å². The van der Waals surface area contributed by atoms with E-state index in [1.807, 2.05) is 12.1 Å². The standard InChI is InChI=1S/C8H10BrNO2S/c9-8-3-6(4-10)1-2-7(8)5-13(11)12/h1-3H,4-5,10H2,(H,11,12). The number of hydrogen-bond donors (Lipinski definition) is 2. The van der Waals surface area contributed by atoms with Crippen molar-refractivity contribution in [3.05, 3.63) is 33.8 Å². The monoisotopic (exact) mass is 263 g/mol. The molecule has 5 heteroatoms. The lowest BCUT2D eigenvalue weighted by atomic mass is 10.1. The molecule has 13 heavy (non-hydrogen) atoms. The van der Waals surface area contributed by atoms with Crippen molar-refractivity contribution in [2.24, 2.45) is 5.73 Å². The summed E-state index contributed by atoms with van der Waals surface area (Å²) < 4.78 is 20.1. The molecular formula is C8H10BrNO2S. The van der Waals surface area contributed by atoms with Gasteiger partial charge in [0.05, 0.1) is 5.75 Å². The maximum Gasteiger partial charge on any atom is 0.157 e. The summed E-state index contributed by atoms with van der Waals surface area (Å²) in [6.45, 7) is 0.473. The highest BCUT2D eigenvalue weighted by Gasteiger charge is 2.03. The maximum absolute atomic E-state index is 10.5. The first-order valence-electron chi connectivity index (χ1n) is 3.68. The average molecular weight is 264 g/mol. The van der Waals surface area contributed by atoms with Crippen molar-refractivity contribution < 1.29 is 8.76 Å². The van der Waals surface area contributed by atoms with Crippen LogP contribution in [0.1, 0.15) is 11.1 Å². The van der Waals surface area contributed by atoms with Gasteiger partial charge < -0.3 is 10.3 Å². The molecule has 0 aliphatic heterocycles. The molecule has 0 aliphatic rings. The highest BCUT2D eigenvalue weighted by Crippen LogP contribution is 2.19. The van der Waals surface area contributed by atoms with Crippen molar-refractivity contribution in [2.75, 3.05) is 0 Å². The summed E-state index contributed by atoms with van der Waals surface area (Å²) in [5.74, 6) is 0.144. The molecule has 0 fully saturated rings. The number of hydrogen-bond acceptors (Lipinski definition) is 2. The quantitative estimate of drug-likeness (QED) is 0.815. The molecule has 3 N–H and O–H groups in total. The van der Waals surface area contributed by atoms with Crippen molar-refractivity contribution in [2.45, 2.75) is 12.3 Å². The molecule has 3 nitrogen and oxygen atoms in total. The molecule has 1 rings (SSSR count). The van der Waals surface area contributed by atoms with Crippen molar-refractivity contribution in [1.82, 2.24) is 0 Å². The van der Waals surface area contributed by atoms with E-state index in [2.05, 4.69) is 15.9 Å². The van der Waals surface area contributed by atoms with Crippen LogP contribution in [0.4, 0.5) is 0 Å². The van der Waals surface area contributed by atoms with Gasteiger partial charge in [-0.3, -0.25) is 0 Å². The Balaban J connectivity index is 2.91. The van der Waals surface area contributed by atoms with Crippen LogP contribution < -0.4 is 5.73 Å². The van der Waals surface area contributed by atoms with E-state index in [-0.39, 0.29) is 5.75 Å². The first-order valence-corrected chi connectivity index (χ1v) is 5.75. The molecule has 0 aromatic heterocycles. The van der Waals surface area contributed by atoms with Gasteiger partial charge in [0.1, 0.15) is 0 Å².